The predicted molar refractivity (Wildman–Crippen MR) is 141 cm³/mol. The lowest BCUT2D eigenvalue weighted by Crippen LogP contribution is -2.22. The molecule has 0 saturated carbocycles. The number of non-ortho nitro benzene ring substituents is 1. The highest BCUT2D eigenvalue weighted by atomic mass is 127. The topological polar surface area (TPSA) is 81.3 Å². The molecule has 0 N–H and O–H groups in total. The van der Waals surface area contributed by atoms with Gasteiger partial charge in [0.2, 0.25) is 0 Å². The van der Waals surface area contributed by atoms with E-state index in [1.54, 1.807) is 18.2 Å². The molecule has 0 aliphatic rings. The van der Waals surface area contributed by atoms with Gasteiger partial charge in [0.1, 0.15) is 5.82 Å². The Balaban J connectivity index is 1.90. The number of benzene rings is 3. The van der Waals surface area contributed by atoms with E-state index in [2.05, 4.69) is 27.6 Å². The first-order chi connectivity index (χ1) is 15.7. The molecular weight excluding hydrogens is 555 g/mol. The quantitative estimate of drug-likeness (QED) is 0.172. The first-order valence-corrected chi connectivity index (χ1v) is 11.3. The molecule has 4 rings (SSSR count). The van der Waals surface area contributed by atoms with Crippen molar-refractivity contribution in [2.75, 3.05) is 19.0 Å². The Morgan fingerprint density at radius 3 is 2.42 bits per heavy atom. The van der Waals surface area contributed by atoms with Gasteiger partial charge in [-0.15, -0.1) is 0 Å². The lowest BCUT2D eigenvalue weighted by atomic mass is 10.1. The zero-order chi connectivity index (χ0) is 23.7. The second kappa shape index (κ2) is 9.32. The van der Waals surface area contributed by atoms with E-state index < -0.39 is 4.92 Å². The number of aromatic nitrogens is 2. The molecule has 0 saturated heterocycles. The Kier molecular flexibility index (Phi) is 6.48. The van der Waals surface area contributed by atoms with Crippen molar-refractivity contribution < 1.29 is 4.92 Å². The number of halogens is 2. The van der Waals surface area contributed by atoms with Crippen LogP contribution < -0.4 is 10.5 Å². The van der Waals surface area contributed by atoms with Gasteiger partial charge >= 0.3 is 0 Å². The van der Waals surface area contributed by atoms with Crippen LogP contribution in [0.3, 0.4) is 0 Å². The van der Waals surface area contributed by atoms with Crippen molar-refractivity contribution in [3.05, 3.63) is 101 Å². The number of nitro groups is 1. The lowest BCUT2D eigenvalue weighted by molar-refractivity contribution is -0.384. The molecule has 0 bridgehead atoms. The van der Waals surface area contributed by atoms with Crippen LogP contribution in [-0.4, -0.2) is 28.6 Å². The van der Waals surface area contributed by atoms with Crippen molar-refractivity contribution in [1.29, 1.82) is 0 Å². The molecule has 9 heteroatoms. The maximum atomic E-state index is 13.5. The maximum absolute atomic E-state index is 13.5. The van der Waals surface area contributed by atoms with Crippen LogP contribution in [0.4, 0.5) is 11.4 Å². The summed E-state index contributed by atoms with van der Waals surface area (Å²) in [5.74, 6) is 0.362. The van der Waals surface area contributed by atoms with Gasteiger partial charge in [0.05, 0.1) is 26.5 Å². The van der Waals surface area contributed by atoms with Crippen LogP contribution >= 0.6 is 34.2 Å². The van der Waals surface area contributed by atoms with Crippen LogP contribution in [0.15, 0.2) is 65.5 Å². The number of rotatable bonds is 5. The van der Waals surface area contributed by atoms with Crippen molar-refractivity contribution in [3.8, 4) is 5.69 Å². The fraction of sp³-hybridized carbons (Fsp3) is 0.0833. The second-order valence-corrected chi connectivity index (χ2v) is 9.14. The number of fused-ring (bicyclic) bond motifs is 1. The fourth-order valence-electron chi connectivity index (χ4n) is 3.36. The van der Waals surface area contributed by atoms with Gasteiger partial charge in [-0.2, -0.15) is 0 Å². The maximum Gasteiger partial charge on any atom is 0.271 e. The Bertz CT molecular complexity index is 1460. The fourth-order valence-corrected chi connectivity index (χ4v) is 4.12. The number of nitrogens with zero attached hydrogens (tertiary/aromatic N) is 4. The van der Waals surface area contributed by atoms with E-state index in [0.717, 1.165) is 14.8 Å². The van der Waals surface area contributed by atoms with Gasteiger partial charge in [0.25, 0.3) is 11.2 Å². The van der Waals surface area contributed by atoms with Gasteiger partial charge in [0.15, 0.2) is 0 Å². The van der Waals surface area contributed by atoms with Crippen molar-refractivity contribution >= 4 is 68.6 Å². The van der Waals surface area contributed by atoms with Crippen LogP contribution in [0.2, 0.25) is 5.02 Å². The van der Waals surface area contributed by atoms with Gasteiger partial charge in [-0.25, -0.2) is 4.98 Å². The van der Waals surface area contributed by atoms with E-state index in [1.807, 2.05) is 55.4 Å². The minimum Gasteiger partial charge on any atom is -0.378 e. The van der Waals surface area contributed by atoms with Crippen LogP contribution in [0.5, 0.6) is 0 Å². The molecule has 0 aliphatic carbocycles. The van der Waals surface area contributed by atoms with E-state index in [0.29, 0.717) is 22.4 Å². The van der Waals surface area contributed by atoms with Gasteiger partial charge in [-0.05, 0) is 70.6 Å². The molecule has 33 heavy (non-hydrogen) atoms. The molecule has 0 aliphatic heterocycles. The number of hydrogen-bond donors (Lipinski definition) is 0. The highest BCUT2D eigenvalue weighted by Gasteiger charge is 2.16. The summed E-state index contributed by atoms with van der Waals surface area (Å²) in [5.41, 5.74) is 2.41. The average Bonchev–Trinajstić information content (AvgIpc) is 2.79. The molecule has 0 unspecified atom stereocenters. The van der Waals surface area contributed by atoms with Crippen molar-refractivity contribution in [2.24, 2.45) is 0 Å². The molecule has 0 spiro atoms. The Labute approximate surface area is 208 Å². The SMILES string of the molecule is CN(C)c1ccc(C=Cc2nc3ccc(I)cc3c(=O)n2-c2ccc([N+](=O)[O-])cc2Cl)cc1. The molecule has 4 aromatic rings. The summed E-state index contributed by atoms with van der Waals surface area (Å²) in [6, 6.07) is 17.4. The van der Waals surface area contributed by atoms with Crippen LogP contribution in [-0.2, 0) is 0 Å². The molecule has 1 heterocycles. The smallest absolute Gasteiger partial charge is 0.271 e. The third-order valence-electron chi connectivity index (χ3n) is 5.07. The number of anilines is 1. The highest BCUT2D eigenvalue weighted by Crippen LogP contribution is 2.27. The lowest BCUT2D eigenvalue weighted by Gasteiger charge is -2.13. The minimum absolute atomic E-state index is 0.0862. The third kappa shape index (κ3) is 4.76. The monoisotopic (exact) mass is 572 g/mol. The van der Waals surface area contributed by atoms with E-state index in [1.165, 1.54) is 22.8 Å². The van der Waals surface area contributed by atoms with Crippen molar-refractivity contribution in [2.45, 2.75) is 0 Å². The molecule has 3 aromatic carbocycles. The summed E-state index contributed by atoms with van der Waals surface area (Å²) >= 11 is 8.51. The van der Waals surface area contributed by atoms with E-state index in [-0.39, 0.29) is 16.3 Å². The molecule has 0 fully saturated rings. The van der Waals surface area contributed by atoms with Crippen LogP contribution in [0.1, 0.15) is 11.4 Å². The summed E-state index contributed by atoms with van der Waals surface area (Å²) in [4.78, 5) is 30.8. The standard InChI is InChI=1S/C24H18ClIN4O3/c1-28(2)17-7-3-15(4-8-17)5-12-23-27-21-10-6-16(26)13-19(21)24(31)29(23)22-11-9-18(30(32)33)14-20(22)25/h3-14H,1-2H3. The molecule has 0 atom stereocenters. The molecular formula is C24H18ClIN4O3. The summed E-state index contributed by atoms with van der Waals surface area (Å²) < 4.78 is 2.28. The molecule has 0 radical (unpaired) electrons. The van der Waals surface area contributed by atoms with Gasteiger partial charge in [-0.3, -0.25) is 19.5 Å². The largest absolute Gasteiger partial charge is 0.378 e. The summed E-state index contributed by atoms with van der Waals surface area (Å²) in [6.07, 6.45) is 3.59. The predicted octanol–water partition coefficient (Wildman–Crippen LogP) is 5.79. The summed E-state index contributed by atoms with van der Waals surface area (Å²) in [6.45, 7) is 0. The summed E-state index contributed by atoms with van der Waals surface area (Å²) in [5, 5.41) is 11.6. The number of nitro benzene ring substituents is 1. The minimum atomic E-state index is -0.530. The first-order valence-electron chi connectivity index (χ1n) is 9.87. The van der Waals surface area contributed by atoms with Crippen molar-refractivity contribution in [3.63, 3.8) is 0 Å². The molecule has 0 amide bonds. The van der Waals surface area contributed by atoms with Crippen LogP contribution in [0, 0.1) is 13.7 Å². The Morgan fingerprint density at radius 1 is 1.06 bits per heavy atom. The van der Waals surface area contributed by atoms with Gasteiger partial charge in [-0.1, -0.05) is 29.8 Å². The van der Waals surface area contributed by atoms with Gasteiger partial charge < -0.3 is 4.90 Å². The highest BCUT2D eigenvalue weighted by molar-refractivity contribution is 14.1. The second-order valence-electron chi connectivity index (χ2n) is 7.48. The molecule has 166 valence electrons. The van der Waals surface area contributed by atoms with E-state index in [4.69, 9.17) is 11.6 Å². The van der Waals surface area contributed by atoms with E-state index >= 15 is 0 Å². The zero-order valence-corrected chi connectivity index (χ0v) is 20.6. The zero-order valence-electron chi connectivity index (χ0n) is 17.7. The van der Waals surface area contributed by atoms with Crippen molar-refractivity contribution in [1.82, 2.24) is 9.55 Å². The van der Waals surface area contributed by atoms with Gasteiger partial charge in [0, 0.05) is 35.5 Å². The normalized spacial score (nSPS) is 11.3. The number of hydrogen-bond acceptors (Lipinski definition) is 5. The average molecular weight is 573 g/mol. The third-order valence-corrected chi connectivity index (χ3v) is 6.05. The van der Waals surface area contributed by atoms with E-state index in [9.17, 15) is 14.9 Å². The molecule has 1 aromatic heterocycles. The Morgan fingerprint density at radius 2 is 1.79 bits per heavy atom. The van der Waals surface area contributed by atoms with Crippen LogP contribution in [0.25, 0.3) is 28.7 Å². The molecule has 7 nitrogen and oxygen atoms in total. The Hall–Kier alpha value is -3.24. The summed E-state index contributed by atoms with van der Waals surface area (Å²) in [7, 11) is 3.94. The first kappa shape index (κ1) is 22.9.